The number of anilines is 3. The summed E-state index contributed by atoms with van der Waals surface area (Å²) in [5.74, 6) is 1.10. The van der Waals surface area contributed by atoms with Crippen molar-refractivity contribution in [1.82, 2.24) is 64.7 Å². The van der Waals surface area contributed by atoms with Gasteiger partial charge in [-0.25, -0.2) is 9.97 Å². The van der Waals surface area contributed by atoms with Crippen LogP contribution in [0.1, 0.15) is 25.1 Å². The maximum absolute atomic E-state index is 12.5. The summed E-state index contributed by atoms with van der Waals surface area (Å²) >= 11 is 0. The number of likely N-dealkylation sites (N-methyl/N-ethyl adjacent to an activating group) is 4. The molecule has 0 aliphatic rings. The van der Waals surface area contributed by atoms with Gasteiger partial charge in [0.2, 0.25) is 5.91 Å². The molecule has 0 saturated heterocycles. The van der Waals surface area contributed by atoms with Crippen LogP contribution in [0.15, 0.2) is 91.9 Å². The van der Waals surface area contributed by atoms with Gasteiger partial charge in [0.05, 0.1) is 89.7 Å². The van der Waals surface area contributed by atoms with Crippen molar-refractivity contribution in [3.63, 3.8) is 0 Å². The van der Waals surface area contributed by atoms with Crippen LogP contribution < -0.4 is 20.4 Å². The van der Waals surface area contributed by atoms with E-state index in [1.165, 1.54) is 0 Å². The van der Waals surface area contributed by atoms with E-state index in [1.54, 1.807) is 18.6 Å². The van der Waals surface area contributed by atoms with Gasteiger partial charge in [0.15, 0.2) is 11.6 Å². The topological polar surface area (TPSA) is 225 Å². The number of hydrogen-bond acceptors (Lipinski definition) is 12. The largest absolute Gasteiger partial charge is 0.664 e. The van der Waals surface area contributed by atoms with E-state index < -0.39 is 0 Å². The molecule has 10 aromatic rings. The first-order chi connectivity index (χ1) is 34.5. The number of aromatic amines is 3. The van der Waals surface area contributed by atoms with Gasteiger partial charge in [0.1, 0.15) is 22.4 Å². The molecule has 10 rings (SSSR count). The van der Waals surface area contributed by atoms with Crippen LogP contribution >= 0.6 is 0 Å². The molecule has 0 aliphatic heterocycles. The summed E-state index contributed by atoms with van der Waals surface area (Å²) in [7, 11) is 12.0. The lowest BCUT2D eigenvalue weighted by Crippen LogP contribution is -2.81. The third kappa shape index (κ3) is 9.37. The molecule has 8 heterocycles. The molecule has 0 radical (unpaired) electrons. The first-order valence-corrected chi connectivity index (χ1v) is 23.8. The number of aryl methyl sites for hydroxylation is 1. The Labute approximate surface area is 410 Å². The summed E-state index contributed by atoms with van der Waals surface area (Å²) in [6.07, 6.45) is 12.9. The van der Waals surface area contributed by atoms with E-state index >= 15 is 0 Å². The highest BCUT2D eigenvalue weighted by Gasteiger charge is 2.23. The number of aromatic nitrogens is 12. The van der Waals surface area contributed by atoms with Crippen LogP contribution in [0.5, 0.6) is 0 Å². The summed E-state index contributed by atoms with van der Waals surface area (Å²) in [4.78, 5) is 55.2. The van der Waals surface area contributed by atoms with Gasteiger partial charge in [-0.1, -0.05) is 26.0 Å². The summed E-state index contributed by atoms with van der Waals surface area (Å²) < 4.78 is 1.88. The van der Waals surface area contributed by atoms with Crippen LogP contribution in [0.25, 0.3) is 94.5 Å². The van der Waals surface area contributed by atoms with Gasteiger partial charge in [-0.15, -0.1) is 6.54 Å². The third-order valence-electron chi connectivity index (χ3n) is 12.9. The second-order valence-electron chi connectivity index (χ2n) is 18.5. The lowest BCUT2D eigenvalue weighted by Gasteiger charge is -2.22. The lowest BCUT2D eigenvalue weighted by atomic mass is 10.0. The van der Waals surface area contributed by atoms with Gasteiger partial charge in [-0.3, -0.25) is 39.4 Å². The van der Waals surface area contributed by atoms with E-state index in [0.29, 0.717) is 37.0 Å². The Morgan fingerprint density at radius 1 is 0.761 bits per heavy atom. The van der Waals surface area contributed by atoms with Crippen LogP contribution in [0.2, 0.25) is 0 Å². The minimum atomic E-state index is -0.150. The number of nitrogens with zero attached hydrogens (tertiary/aromatic N) is 13. The Hall–Kier alpha value is -8.13. The summed E-state index contributed by atoms with van der Waals surface area (Å²) in [5.41, 5.74) is 15.0. The van der Waals surface area contributed by atoms with Gasteiger partial charge in [0.25, 0.3) is 0 Å². The highest BCUT2D eigenvalue weighted by Crippen LogP contribution is 2.36. The Balaban J connectivity index is 0.930. The molecule has 0 unspecified atom stereocenters. The molecular formula is C52H58N18O. The number of amides is 1. The predicted molar refractivity (Wildman–Crippen MR) is 281 cm³/mol. The highest BCUT2D eigenvalue weighted by atomic mass is 16.1. The molecular weight excluding hydrogens is 893 g/mol. The zero-order valence-electron chi connectivity index (χ0n) is 41.3. The van der Waals surface area contributed by atoms with Crippen LogP contribution in [0, 0.1) is 5.92 Å². The second-order valence-corrected chi connectivity index (χ2v) is 18.5. The number of imidazole rings is 2. The van der Waals surface area contributed by atoms with Gasteiger partial charge < -0.3 is 35.7 Å². The zero-order chi connectivity index (χ0) is 49.3. The SMILES string of the molecule is C[N-]CCN(C)c1cncc2[nH]c(-c3n[nH]c4ccc(-c5cncc(CN(C)Cc6ncc(N(C)CC[NH2+]C)c7[nH]c(-c8nn(C)c9ccc(-c%10cncc(NC(=O)C(C)C)c%10)cc89)nc67)c5)cc34)nc12. The van der Waals surface area contributed by atoms with Crippen LogP contribution in [-0.4, -0.2) is 132 Å². The fraction of sp³-hybridized carbons (Fsp3) is 0.288. The fourth-order valence-corrected chi connectivity index (χ4v) is 8.98. The maximum atomic E-state index is 12.5. The van der Waals surface area contributed by atoms with Crippen molar-refractivity contribution in [2.45, 2.75) is 26.9 Å². The van der Waals surface area contributed by atoms with Crippen molar-refractivity contribution in [3.8, 4) is 45.3 Å². The molecule has 0 fully saturated rings. The molecule has 1 amide bonds. The number of benzene rings is 2. The van der Waals surface area contributed by atoms with E-state index in [1.807, 2.05) is 76.6 Å². The minimum Gasteiger partial charge on any atom is -0.664 e. The molecule has 2 aromatic carbocycles. The van der Waals surface area contributed by atoms with E-state index in [2.05, 4.69) is 113 Å². The first kappa shape index (κ1) is 46.6. The Kier molecular flexibility index (Phi) is 12.9. The quantitative estimate of drug-likeness (QED) is 0.0603. The average molecular weight is 951 g/mol. The van der Waals surface area contributed by atoms with Crippen LogP contribution in [0.3, 0.4) is 0 Å². The molecule has 19 heteroatoms. The number of rotatable bonds is 18. The van der Waals surface area contributed by atoms with Gasteiger partial charge in [0, 0.05) is 80.6 Å². The Morgan fingerprint density at radius 2 is 1.49 bits per heavy atom. The molecule has 71 heavy (non-hydrogen) atoms. The lowest BCUT2D eigenvalue weighted by molar-refractivity contribution is -0.624. The average Bonchev–Trinajstić information content (AvgIpc) is 4.19. The van der Waals surface area contributed by atoms with Crippen molar-refractivity contribution in [2.75, 3.05) is 76.5 Å². The number of hydrogen-bond donors (Lipinski definition) is 5. The van der Waals surface area contributed by atoms with E-state index in [0.717, 1.165) is 120 Å². The number of nitrogens with one attached hydrogen (secondary N) is 4. The summed E-state index contributed by atoms with van der Waals surface area (Å²) in [5, 5.41) is 24.2. The molecule has 0 saturated carbocycles. The molecule has 362 valence electrons. The Bertz CT molecular complexity index is 3550. The predicted octanol–water partition coefficient (Wildman–Crippen LogP) is 6.75. The number of H-pyrrole nitrogens is 3. The highest BCUT2D eigenvalue weighted by molar-refractivity contribution is 6.00. The van der Waals surface area contributed by atoms with Crippen LogP contribution in [-0.2, 0) is 24.9 Å². The minimum absolute atomic E-state index is 0.0606. The second kappa shape index (κ2) is 19.7. The number of pyridine rings is 4. The van der Waals surface area contributed by atoms with E-state index in [4.69, 9.17) is 30.1 Å². The molecule has 0 spiro atoms. The third-order valence-corrected chi connectivity index (χ3v) is 12.9. The van der Waals surface area contributed by atoms with Crippen molar-refractivity contribution < 1.29 is 10.1 Å². The van der Waals surface area contributed by atoms with Crippen LogP contribution in [0.4, 0.5) is 17.1 Å². The van der Waals surface area contributed by atoms with Gasteiger partial charge in [-0.05, 0) is 66.7 Å². The monoisotopic (exact) mass is 951 g/mol. The number of carbonyl (C=O) groups excluding carboxylic acids is 1. The fourth-order valence-electron chi connectivity index (χ4n) is 8.98. The molecule has 0 bridgehead atoms. The van der Waals surface area contributed by atoms with Gasteiger partial charge in [-0.2, -0.15) is 17.2 Å². The molecule has 0 atom stereocenters. The number of carbonyl (C=O) groups is 1. The normalized spacial score (nSPS) is 11.9. The zero-order valence-corrected chi connectivity index (χ0v) is 41.3. The number of nitrogens with two attached hydrogens (primary N) is 1. The summed E-state index contributed by atoms with van der Waals surface area (Å²) in [6.45, 7) is 8.12. The molecule has 6 N–H and O–H groups in total. The maximum Gasteiger partial charge on any atom is 0.226 e. The number of quaternary nitrogens is 1. The van der Waals surface area contributed by atoms with Crippen molar-refractivity contribution in [3.05, 3.63) is 108 Å². The molecule has 8 aromatic heterocycles. The van der Waals surface area contributed by atoms with Crippen molar-refractivity contribution in [2.24, 2.45) is 13.0 Å². The molecule has 0 aliphatic carbocycles. The van der Waals surface area contributed by atoms with Crippen molar-refractivity contribution >= 4 is 66.8 Å². The van der Waals surface area contributed by atoms with Gasteiger partial charge >= 0.3 is 0 Å². The molecule has 19 nitrogen and oxygen atoms in total. The van der Waals surface area contributed by atoms with E-state index in [9.17, 15) is 4.79 Å². The number of fused-ring (bicyclic) bond motifs is 4. The smallest absolute Gasteiger partial charge is 0.226 e. The van der Waals surface area contributed by atoms with E-state index in [-0.39, 0.29) is 11.8 Å². The standard InChI is InChI=1S/C52H57N18O/c1-30(2)52(71)59-36-18-35(23-56-24-36)33-10-12-42-38(20-33)46(66-70(42)8)51-62-48-41(58-27-44(49(48)63-51)69(7)16-14-54-4)29-67(5)28-31-17-34(22-55-21-31)32-9-11-39-37(19-32)45(65-64-39)50-60-40-25-57-26-43(47(40)61-50)68(6)15-13-53-3/h9-12,17-27,30,54H,13-16,28-29H2,1-8H3,(H,59,71)(H,60,61)(H,62,63)(H,64,65)/q-1/p+1. The first-order valence-electron chi connectivity index (χ1n) is 23.8. The summed E-state index contributed by atoms with van der Waals surface area (Å²) in [6, 6.07) is 16.6. The van der Waals surface area contributed by atoms with Crippen molar-refractivity contribution in [1.29, 1.82) is 0 Å². The Morgan fingerprint density at radius 3 is 2.30 bits per heavy atom.